The molecule has 1 aromatic carbocycles. The number of fused-ring (bicyclic) bond motifs is 1. The van der Waals surface area contributed by atoms with Crippen LogP contribution in [0.4, 0.5) is 0 Å². The number of nitrogens with zero attached hydrogens (tertiary/aromatic N) is 1. The SMILES string of the molecule is C=CC[n+]1cccc2cccc(C=C)c21. The smallest absolute Gasteiger partial charge is 0.194 e. The minimum Gasteiger partial charge on any atom is -0.194 e. The van der Waals surface area contributed by atoms with Crippen LogP contribution in [0.2, 0.25) is 0 Å². The number of allylic oxidation sites excluding steroid dienone is 1. The summed E-state index contributed by atoms with van der Waals surface area (Å²) in [4.78, 5) is 0. The van der Waals surface area contributed by atoms with E-state index in [4.69, 9.17) is 0 Å². The number of pyridine rings is 1. The molecule has 0 bridgehead atoms. The zero-order valence-corrected chi connectivity index (χ0v) is 8.69. The summed E-state index contributed by atoms with van der Waals surface area (Å²) in [5.74, 6) is 0. The zero-order valence-electron chi connectivity index (χ0n) is 8.69. The molecule has 1 heterocycles. The van der Waals surface area contributed by atoms with E-state index in [-0.39, 0.29) is 0 Å². The van der Waals surface area contributed by atoms with Crippen molar-refractivity contribution in [3.05, 3.63) is 61.3 Å². The van der Waals surface area contributed by atoms with Crippen molar-refractivity contribution in [3.63, 3.8) is 0 Å². The lowest BCUT2D eigenvalue weighted by molar-refractivity contribution is -0.661. The third-order valence-corrected chi connectivity index (χ3v) is 2.47. The highest BCUT2D eigenvalue weighted by molar-refractivity contribution is 5.84. The number of aromatic nitrogens is 1. The zero-order chi connectivity index (χ0) is 10.7. The first-order chi connectivity index (χ1) is 7.36. The first kappa shape index (κ1) is 9.66. The lowest BCUT2D eigenvalue weighted by Gasteiger charge is -2.01. The molecular weight excluding hydrogens is 182 g/mol. The van der Waals surface area contributed by atoms with Crippen molar-refractivity contribution in [2.75, 3.05) is 0 Å². The van der Waals surface area contributed by atoms with Gasteiger partial charge < -0.3 is 0 Å². The summed E-state index contributed by atoms with van der Waals surface area (Å²) in [6.07, 6.45) is 5.86. The van der Waals surface area contributed by atoms with Gasteiger partial charge in [0.2, 0.25) is 5.52 Å². The molecule has 0 N–H and O–H groups in total. The Balaban J connectivity index is 2.80. The molecule has 15 heavy (non-hydrogen) atoms. The Kier molecular flexibility index (Phi) is 2.64. The van der Waals surface area contributed by atoms with E-state index in [9.17, 15) is 0 Å². The molecule has 0 unspecified atom stereocenters. The minimum absolute atomic E-state index is 0.822. The minimum atomic E-state index is 0.822. The third-order valence-electron chi connectivity index (χ3n) is 2.47. The second kappa shape index (κ2) is 4.09. The number of hydrogen-bond donors (Lipinski definition) is 0. The maximum atomic E-state index is 3.84. The predicted molar refractivity (Wildman–Crippen MR) is 64.4 cm³/mol. The largest absolute Gasteiger partial charge is 0.220 e. The van der Waals surface area contributed by atoms with Crippen molar-refractivity contribution < 1.29 is 4.57 Å². The Bertz CT molecular complexity index is 506. The van der Waals surface area contributed by atoms with Gasteiger partial charge in [-0.25, -0.2) is 0 Å². The van der Waals surface area contributed by atoms with Gasteiger partial charge in [-0.15, -0.1) is 0 Å². The highest BCUT2D eigenvalue weighted by Crippen LogP contribution is 2.15. The van der Waals surface area contributed by atoms with Crippen molar-refractivity contribution in [2.45, 2.75) is 6.54 Å². The Hall–Kier alpha value is -1.89. The molecule has 0 spiro atoms. The number of benzene rings is 1. The highest BCUT2D eigenvalue weighted by atomic mass is 14.9. The summed E-state index contributed by atoms with van der Waals surface area (Å²) in [7, 11) is 0. The molecule has 0 saturated heterocycles. The van der Waals surface area contributed by atoms with Crippen molar-refractivity contribution in [1.82, 2.24) is 0 Å². The predicted octanol–water partition coefficient (Wildman–Crippen LogP) is 2.96. The summed E-state index contributed by atoms with van der Waals surface area (Å²) in [6.45, 7) is 8.44. The highest BCUT2D eigenvalue weighted by Gasteiger charge is 2.09. The number of hydrogen-bond acceptors (Lipinski definition) is 0. The third kappa shape index (κ3) is 1.68. The van der Waals surface area contributed by atoms with Gasteiger partial charge in [0.1, 0.15) is 0 Å². The molecule has 0 saturated carbocycles. The van der Waals surface area contributed by atoms with Crippen LogP contribution in [0.1, 0.15) is 5.56 Å². The standard InChI is InChI=1S/C14H14N/c1-3-10-15-11-6-9-13-8-5-7-12(4-2)14(13)15/h3-9,11H,1-2,10H2/q+1. The van der Waals surface area contributed by atoms with Crippen LogP contribution in [0.15, 0.2) is 55.8 Å². The number of para-hydroxylation sites is 1. The van der Waals surface area contributed by atoms with Crippen LogP contribution in [0.25, 0.3) is 17.0 Å². The van der Waals surface area contributed by atoms with Crippen molar-refractivity contribution in [1.29, 1.82) is 0 Å². The van der Waals surface area contributed by atoms with Gasteiger partial charge in [0.15, 0.2) is 12.7 Å². The molecule has 2 rings (SSSR count). The first-order valence-electron chi connectivity index (χ1n) is 5.01. The van der Waals surface area contributed by atoms with Crippen LogP contribution in [0.5, 0.6) is 0 Å². The van der Waals surface area contributed by atoms with Gasteiger partial charge in [0.25, 0.3) is 0 Å². The fraction of sp³-hybridized carbons (Fsp3) is 0.0714. The van der Waals surface area contributed by atoms with Gasteiger partial charge in [0.05, 0.1) is 0 Å². The van der Waals surface area contributed by atoms with Crippen LogP contribution < -0.4 is 4.57 Å². The normalized spacial score (nSPS) is 10.1. The molecule has 0 atom stereocenters. The quantitative estimate of drug-likeness (QED) is 0.525. The van der Waals surface area contributed by atoms with Crippen LogP contribution >= 0.6 is 0 Å². The Morgan fingerprint density at radius 3 is 2.67 bits per heavy atom. The maximum absolute atomic E-state index is 3.84. The second-order valence-corrected chi connectivity index (χ2v) is 3.44. The molecule has 2 aromatic rings. The molecule has 0 amide bonds. The molecule has 0 aliphatic carbocycles. The number of rotatable bonds is 3. The van der Waals surface area contributed by atoms with E-state index in [1.54, 1.807) is 0 Å². The second-order valence-electron chi connectivity index (χ2n) is 3.44. The molecule has 0 aliphatic heterocycles. The van der Waals surface area contributed by atoms with Crippen molar-refractivity contribution in [2.24, 2.45) is 0 Å². The molecule has 1 aromatic heterocycles. The van der Waals surface area contributed by atoms with E-state index in [0.717, 1.165) is 12.1 Å². The van der Waals surface area contributed by atoms with E-state index < -0.39 is 0 Å². The van der Waals surface area contributed by atoms with Gasteiger partial charge in [-0.05, 0) is 24.3 Å². The summed E-state index contributed by atoms with van der Waals surface area (Å²) in [5, 5.41) is 1.23. The summed E-state index contributed by atoms with van der Waals surface area (Å²) >= 11 is 0. The summed E-state index contributed by atoms with van der Waals surface area (Å²) < 4.78 is 2.18. The topological polar surface area (TPSA) is 3.88 Å². The van der Waals surface area contributed by atoms with E-state index in [1.165, 1.54) is 10.9 Å². The van der Waals surface area contributed by atoms with E-state index in [0.29, 0.717) is 0 Å². The molecule has 0 fully saturated rings. The Labute approximate surface area is 90.0 Å². The van der Waals surface area contributed by atoms with Crippen LogP contribution in [0.3, 0.4) is 0 Å². The Morgan fingerprint density at radius 2 is 1.93 bits per heavy atom. The van der Waals surface area contributed by atoms with Gasteiger partial charge in [-0.1, -0.05) is 25.3 Å². The van der Waals surface area contributed by atoms with Crippen LogP contribution in [-0.4, -0.2) is 0 Å². The molecule has 1 nitrogen and oxygen atoms in total. The van der Waals surface area contributed by atoms with Crippen molar-refractivity contribution >= 4 is 17.0 Å². The lowest BCUT2D eigenvalue weighted by atomic mass is 10.1. The summed E-state index contributed by atoms with van der Waals surface area (Å²) in [5.41, 5.74) is 2.38. The van der Waals surface area contributed by atoms with Crippen LogP contribution in [-0.2, 0) is 6.54 Å². The van der Waals surface area contributed by atoms with E-state index in [2.05, 4.69) is 54.3 Å². The van der Waals surface area contributed by atoms with E-state index in [1.807, 2.05) is 12.2 Å². The van der Waals surface area contributed by atoms with Crippen LogP contribution in [0, 0.1) is 0 Å². The van der Waals surface area contributed by atoms with Gasteiger partial charge in [0, 0.05) is 17.0 Å². The van der Waals surface area contributed by atoms with E-state index >= 15 is 0 Å². The molecule has 1 heteroatoms. The molecule has 74 valence electrons. The molecule has 0 radical (unpaired) electrons. The maximum Gasteiger partial charge on any atom is 0.220 e. The van der Waals surface area contributed by atoms with Gasteiger partial charge in [-0.3, -0.25) is 0 Å². The molecular formula is C14H14N+. The monoisotopic (exact) mass is 196 g/mol. The average Bonchev–Trinajstić information content (AvgIpc) is 2.29. The van der Waals surface area contributed by atoms with Crippen molar-refractivity contribution in [3.8, 4) is 0 Å². The first-order valence-corrected chi connectivity index (χ1v) is 5.01. The Morgan fingerprint density at radius 1 is 1.13 bits per heavy atom. The lowest BCUT2D eigenvalue weighted by Crippen LogP contribution is -2.33. The van der Waals surface area contributed by atoms with Gasteiger partial charge >= 0.3 is 0 Å². The molecule has 0 aliphatic rings. The van der Waals surface area contributed by atoms with Gasteiger partial charge in [-0.2, -0.15) is 4.57 Å². The average molecular weight is 196 g/mol. The summed E-state index contributed by atoms with van der Waals surface area (Å²) in [6, 6.07) is 10.4. The fourth-order valence-corrected chi connectivity index (χ4v) is 1.83. The fourth-order valence-electron chi connectivity index (χ4n) is 1.83.